The van der Waals surface area contributed by atoms with E-state index in [-0.39, 0.29) is 6.54 Å². The molecule has 7 heteroatoms. The van der Waals surface area contributed by atoms with Crippen LogP contribution in [0.2, 0.25) is 0 Å². The molecule has 106 valence electrons. The molecule has 2 aromatic rings. The molecule has 1 saturated heterocycles. The highest BCUT2D eigenvalue weighted by Gasteiger charge is 2.42. The van der Waals surface area contributed by atoms with Crippen LogP contribution in [0.5, 0.6) is 0 Å². The van der Waals surface area contributed by atoms with Crippen molar-refractivity contribution in [2.75, 3.05) is 6.54 Å². The van der Waals surface area contributed by atoms with E-state index in [4.69, 9.17) is 0 Å². The van der Waals surface area contributed by atoms with Crippen molar-refractivity contribution in [1.29, 1.82) is 0 Å². The number of fused-ring (bicyclic) bond motifs is 1. The summed E-state index contributed by atoms with van der Waals surface area (Å²) in [4.78, 5) is 16.1. The first kappa shape index (κ1) is 13.0. The van der Waals surface area contributed by atoms with Crippen LogP contribution in [0.1, 0.15) is 12.1 Å². The van der Waals surface area contributed by atoms with Gasteiger partial charge in [0.15, 0.2) is 0 Å². The number of halogens is 2. The van der Waals surface area contributed by atoms with Gasteiger partial charge in [-0.1, -0.05) is 6.07 Å². The molecule has 1 atom stereocenters. The number of hydrogen-bond acceptors (Lipinski definition) is 3. The van der Waals surface area contributed by atoms with Gasteiger partial charge in [0.05, 0.1) is 24.8 Å². The molecular weight excluding hydrogens is 266 g/mol. The normalized spacial score (nSPS) is 21.2. The minimum Gasteiger partial charge on any atom is -0.349 e. The number of pyridine rings is 1. The first-order valence-electron chi connectivity index (χ1n) is 6.35. The van der Waals surface area contributed by atoms with E-state index in [0.29, 0.717) is 5.69 Å². The molecule has 0 aromatic carbocycles. The van der Waals surface area contributed by atoms with E-state index >= 15 is 0 Å². The minimum atomic E-state index is -2.80. The van der Waals surface area contributed by atoms with Crippen molar-refractivity contribution >= 4 is 11.6 Å². The average molecular weight is 280 g/mol. The number of nitrogens with one attached hydrogen (secondary N) is 2. The number of carbonyl (C=O) groups is 1. The molecule has 3 heterocycles. The number of nitrogens with zero attached hydrogens (tertiary/aromatic N) is 2. The van der Waals surface area contributed by atoms with Crippen LogP contribution in [0.4, 0.5) is 8.78 Å². The SMILES string of the molecule is O=C(NCc1cn2ccccc2n1)C1CC(F)(F)CN1. The number of carbonyl (C=O) groups excluding carboxylic acids is 1. The molecule has 1 aliphatic heterocycles. The molecule has 3 rings (SSSR count). The first-order chi connectivity index (χ1) is 9.53. The Kier molecular flexibility index (Phi) is 3.13. The van der Waals surface area contributed by atoms with Crippen LogP contribution in [0.3, 0.4) is 0 Å². The van der Waals surface area contributed by atoms with Gasteiger partial charge < -0.3 is 9.72 Å². The van der Waals surface area contributed by atoms with Gasteiger partial charge in [-0.25, -0.2) is 13.8 Å². The summed E-state index contributed by atoms with van der Waals surface area (Å²) in [5, 5.41) is 5.15. The maximum Gasteiger partial charge on any atom is 0.262 e. The molecule has 0 aliphatic carbocycles. The molecule has 0 radical (unpaired) electrons. The summed E-state index contributed by atoms with van der Waals surface area (Å²) in [6.07, 6.45) is 3.20. The summed E-state index contributed by atoms with van der Waals surface area (Å²) in [6, 6.07) is 4.77. The molecule has 2 aromatic heterocycles. The number of imidazole rings is 1. The van der Waals surface area contributed by atoms with Crippen LogP contribution in [-0.4, -0.2) is 33.8 Å². The summed E-state index contributed by atoms with van der Waals surface area (Å²) < 4.78 is 27.8. The van der Waals surface area contributed by atoms with E-state index in [9.17, 15) is 13.6 Å². The maximum atomic E-state index is 13.0. The standard InChI is InChI=1S/C13H14F2N4O/c14-13(15)5-10(17-8-13)12(20)16-6-9-7-19-4-2-1-3-11(19)18-9/h1-4,7,10,17H,5-6,8H2,(H,16,20). The Morgan fingerprint density at radius 3 is 3.10 bits per heavy atom. The highest BCUT2D eigenvalue weighted by molar-refractivity contribution is 5.82. The maximum absolute atomic E-state index is 13.0. The lowest BCUT2D eigenvalue weighted by molar-refractivity contribution is -0.123. The lowest BCUT2D eigenvalue weighted by Gasteiger charge is -2.10. The summed E-state index contributed by atoms with van der Waals surface area (Å²) in [5.74, 6) is -3.22. The molecule has 0 saturated carbocycles. The van der Waals surface area contributed by atoms with Gasteiger partial charge in [0.2, 0.25) is 5.91 Å². The predicted octanol–water partition coefficient (Wildman–Crippen LogP) is 0.948. The summed E-state index contributed by atoms with van der Waals surface area (Å²) in [5.41, 5.74) is 1.47. The minimum absolute atomic E-state index is 0.226. The molecule has 5 nitrogen and oxygen atoms in total. The van der Waals surface area contributed by atoms with Crippen LogP contribution in [0.15, 0.2) is 30.6 Å². The van der Waals surface area contributed by atoms with Crippen molar-refractivity contribution in [3.63, 3.8) is 0 Å². The number of rotatable bonds is 3. The second-order valence-electron chi connectivity index (χ2n) is 4.91. The predicted molar refractivity (Wildman–Crippen MR) is 68.4 cm³/mol. The third-order valence-electron chi connectivity index (χ3n) is 3.28. The number of aromatic nitrogens is 2. The second kappa shape index (κ2) is 4.82. The van der Waals surface area contributed by atoms with Crippen molar-refractivity contribution in [1.82, 2.24) is 20.0 Å². The second-order valence-corrected chi connectivity index (χ2v) is 4.91. The molecule has 1 aliphatic rings. The zero-order valence-electron chi connectivity index (χ0n) is 10.6. The number of hydrogen-bond donors (Lipinski definition) is 2. The average Bonchev–Trinajstić information content (AvgIpc) is 2.98. The Morgan fingerprint density at radius 1 is 1.55 bits per heavy atom. The van der Waals surface area contributed by atoms with Gasteiger partial charge in [0, 0.05) is 18.8 Å². The smallest absolute Gasteiger partial charge is 0.262 e. The molecular formula is C13H14F2N4O. The van der Waals surface area contributed by atoms with Gasteiger partial charge in [-0.2, -0.15) is 0 Å². The monoisotopic (exact) mass is 280 g/mol. The fourth-order valence-electron chi connectivity index (χ4n) is 2.27. The topological polar surface area (TPSA) is 58.4 Å². The zero-order valence-corrected chi connectivity index (χ0v) is 10.6. The van der Waals surface area contributed by atoms with Gasteiger partial charge in [-0.3, -0.25) is 10.1 Å². The first-order valence-corrected chi connectivity index (χ1v) is 6.35. The van der Waals surface area contributed by atoms with Crippen LogP contribution >= 0.6 is 0 Å². The Labute approximate surface area is 114 Å². The molecule has 0 spiro atoms. The Balaban J connectivity index is 1.60. The number of alkyl halides is 2. The van der Waals surface area contributed by atoms with E-state index in [0.717, 1.165) is 5.65 Å². The Morgan fingerprint density at radius 2 is 2.40 bits per heavy atom. The molecule has 1 amide bonds. The third-order valence-corrected chi connectivity index (χ3v) is 3.28. The Hall–Kier alpha value is -2.02. The van der Waals surface area contributed by atoms with Crippen LogP contribution in [-0.2, 0) is 11.3 Å². The third kappa shape index (κ3) is 2.62. The van der Waals surface area contributed by atoms with Crippen molar-refractivity contribution in [3.8, 4) is 0 Å². The van der Waals surface area contributed by atoms with E-state index in [1.54, 1.807) is 6.20 Å². The fourth-order valence-corrected chi connectivity index (χ4v) is 2.27. The quantitative estimate of drug-likeness (QED) is 0.880. The number of amides is 1. The summed E-state index contributed by atoms with van der Waals surface area (Å²) in [6.45, 7) is -0.219. The van der Waals surface area contributed by atoms with E-state index in [2.05, 4.69) is 15.6 Å². The van der Waals surface area contributed by atoms with Gasteiger partial charge in [0.25, 0.3) is 5.92 Å². The van der Waals surface area contributed by atoms with Gasteiger partial charge in [-0.05, 0) is 12.1 Å². The Bertz CT molecular complexity index is 607. The van der Waals surface area contributed by atoms with Gasteiger partial charge in [0.1, 0.15) is 5.65 Å². The molecule has 1 unspecified atom stereocenters. The molecule has 20 heavy (non-hydrogen) atoms. The largest absolute Gasteiger partial charge is 0.349 e. The van der Waals surface area contributed by atoms with Gasteiger partial charge >= 0.3 is 0 Å². The molecule has 1 fully saturated rings. The lowest BCUT2D eigenvalue weighted by atomic mass is 10.2. The highest BCUT2D eigenvalue weighted by atomic mass is 19.3. The molecule has 2 N–H and O–H groups in total. The zero-order chi connectivity index (χ0) is 14.2. The van der Waals surface area contributed by atoms with E-state index in [1.807, 2.05) is 28.8 Å². The molecule has 0 bridgehead atoms. The lowest BCUT2D eigenvalue weighted by Crippen LogP contribution is -2.40. The van der Waals surface area contributed by atoms with E-state index in [1.165, 1.54) is 0 Å². The van der Waals surface area contributed by atoms with Crippen LogP contribution in [0.25, 0.3) is 5.65 Å². The highest BCUT2D eigenvalue weighted by Crippen LogP contribution is 2.25. The van der Waals surface area contributed by atoms with Crippen molar-refractivity contribution in [2.24, 2.45) is 0 Å². The van der Waals surface area contributed by atoms with Gasteiger partial charge in [-0.15, -0.1) is 0 Å². The van der Waals surface area contributed by atoms with Crippen LogP contribution < -0.4 is 10.6 Å². The van der Waals surface area contributed by atoms with Crippen LogP contribution in [0, 0.1) is 0 Å². The van der Waals surface area contributed by atoms with Crippen molar-refractivity contribution in [3.05, 3.63) is 36.3 Å². The van der Waals surface area contributed by atoms with Crippen molar-refractivity contribution in [2.45, 2.75) is 24.9 Å². The fraction of sp³-hybridized carbons (Fsp3) is 0.385. The summed E-state index contributed by atoms with van der Waals surface area (Å²) in [7, 11) is 0. The van der Waals surface area contributed by atoms with E-state index < -0.39 is 30.8 Å². The van der Waals surface area contributed by atoms with Crippen molar-refractivity contribution < 1.29 is 13.6 Å². The summed E-state index contributed by atoms with van der Waals surface area (Å²) >= 11 is 0.